The maximum atomic E-state index is 13.9. The molecule has 2 aromatic heterocycles. The molecular formula is C18H19FN4O. The molecule has 3 aromatic rings. The number of hydrogen-bond donors (Lipinski definition) is 0. The van der Waals surface area contributed by atoms with Crippen LogP contribution in [-0.4, -0.2) is 45.5 Å². The van der Waals surface area contributed by atoms with Gasteiger partial charge in [-0.05, 0) is 29.8 Å². The number of fused-ring (bicyclic) bond motifs is 1. The first-order valence-corrected chi connectivity index (χ1v) is 8.12. The Morgan fingerprint density at radius 2 is 2.21 bits per heavy atom. The van der Waals surface area contributed by atoms with Crippen molar-refractivity contribution in [1.82, 2.24) is 19.7 Å². The van der Waals surface area contributed by atoms with E-state index in [1.165, 1.54) is 6.07 Å². The highest BCUT2D eigenvalue weighted by Crippen LogP contribution is 2.21. The lowest BCUT2D eigenvalue weighted by molar-refractivity contribution is -0.0401. The summed E-state index contributed by atoms with van der Waals surface area (Å²) in [5, 5.41) is 5.07. The number of halogens is 1. The maximum absolute atomic E-state index is 13.9. The fourth-order valence-electron chi connectivity index (χ4n) is 3.24. The molecule has 0 saturated carbocycles. The molecule has 3 heterocycles. The van der Waals surface area contributed by atoms with Gasteiger partial charge in [-0.1, -0.05) is 6.07 Å². The van der Waals surface area contributed by atoms with E-state index in [0.717, 1.165) is 36.1 Å². The van der Waals surface area contributed by atoms with Gasteiger partial charge in [0.1, 0.15) is 5.82 Å². The molecule has 24 heavy (non-hydrogen) atoms. The quantitative estimate of drug-likeness (QED) is 0.739. The number of pyridine rings is 1. The molecule has 0 amide bonds. The highest BCUT2D eigenvalue weighted by Gasteiger charge is 2.22. The molecule has 0 bridgehead atoms. The van der Waals surface area contributed by atoms with Gasteiger partial charge >= 0.3 is 0 Å². The Bertz CT molecular complexity index is 821. The van der Waals surface area contributed by atoms with E-state index in [1.54, 1.807) is 18.5 Å². The molecular weight excluding hydrogens is 307 g/mol. The van der Waals surface area contributed by atoms with Gasteiger partial charge in [0.15, 0.2) is 0 Å². The summed E-state index contributed by atoms with van der Waals surface area (Å²) in [6.45, 7) is 3.70. The van der Waals surface area contributed by atoms with Crippen LogP contribution in [0.25, 0.3) is 10.9 Å². The number of nitrogens with zero attached hydrogens (tertiary/aromatic N) is 4. The maximum Gasteiger partial charge on any atom is 0.124 e. The van der Waals surface area contributed by atoms with E-state index in [2.05, 4.69) is 15.0 Å². The Morgan fingerprint density at radius 3 is 3.08 bits per heavy atom. The number of hydrogen-bond acceptors (Lipinski definition) is 4. The fraction of sp³-hybridized carbons (Fsp3) is 0.333. The zero-order valence-corrected chi connectivity index (χ0v) is 13.3. The summed E-state index contributed by atoms with van der Waals surface area (Å²) in [5.74, 6) is -0.216. The highest BCUT2D eigenvalue weighted by molar-refractivity contribution is 5.81. The monoisotopic (exact) mass is 326 g/mol. The predicted octanol–water partition coefficient (Wildman–Crippen LogP) is 2.47. The second-order valence-corrected chi connectivity index (χ2v) is 6.10. The molecule has 1 aliphatic heterocycles. The normalized spacial score (nSPS) is 19.0. The first kappa shape index (κ1) is 15.2. The predicted molar refractivity (Wildman–Crippen MR) is 88.9 cm³/mol. The molecule has 1 aromatic carbocycles. The van der Waals surface area contributed by atoms with Gasteiger partial charge in [0.05, 0.1) is 24.8 Å². The second kappa shape index (κ2) is 6.67. The van der Waals surface area contributed by atoms with Crippen molar-refractivity contribution in [2.45, 2.75) is 19.2 Å². The summed E-state index contributed by atoms with van der Waals surface area (Å²) >= 11 is 0. The van der Waals surface area contributed by atoms with Gasteiger partial charge in [-0.2, -0.15) is 5.10 Å². The number of aromatic nitrogens is 3. The number of ether oxygens (including phenoxy) is 1. The fourth-order valence-corrected chi connectivity index (χ4v) is 3.24. The van der Waals surface area contributed by atoms with Crippen LogP contribution in [0, 0.1) is 5.82 Å². The molecule has 0 N–H and O–H groups in total. The molecule has 0 radical (unpaired) electrons. The van der Waals surface area contributed by atoms with Crippen LogP contribution in [-0.2, 0) is 17.8 Å². The molecule has 0 unspecified atom stereocenters. The van der Waals surface area contributed by atoms with Gasteiger partial charge in [0.2, 0.25) is 0 Å². The molecule has 0 spiro atoms. The van der Waals surface area contributed by atoms with Crippen LogP contribution in [0.5, 0.6) is 0 Å². The first-order chi connectivity index (χ1) is 11.8. The zero-order chi connectivity index (χ0) is 16.4. The Morgan fingerprint density at radius 1 is 1.25 bits per heavy atom. The number of morpholine rings is 1. The Balaban J connectivity index is 1.50. The van der Waals surface area contributed by atoms with Crippen LogP contribution in [0.2, 0.25) is 0 Å². The molecule has 0 aliphatic carbocycles. The average Bonchev–Trinajstić information content (AvgIpc) is 3.08. The van der Waals surface area contributed by atoms with Crippen molar-refractivity contribution >= 4 is 10.9 Å². The third kappa shape index (κ3) is 3.29. The SMILES string of the molecule is Fc1cc(CN2CCO[C@H](Cn3cccn3)C2)c2ncccc2c1. The minimum atomic E-state index is -0.216. The third-order valence-corrected chi connectivity index (χ3v) is 4.32. The van der Waals surface area contributed by atoms with E-state index < -0.39 is 0 Å². The summed E-state index contributed by atoms with van der Waals surface area (Å²) < 4.78 is 21.6. The lowest BCUT2D eigenvalue weighted by Gasteiger charge is -2.33. The van der Waals surface area contributed by atoms with Gasteiger partial charge in [-0.15, -0.1) is 0 Å². The largest absolute Gasteiger partial charge is 0.374 e. The standard InChI is InChI=1S/C18H19FN4O/c19-16-9-14-3-1-4-20-18(14)15(10-16)11-22-7-8-24-17(12-22)13-23-6-2-5-21-23/h1-6,9-10,17H,7-8,11-13H2/t17-/m0/s1. The third-order valence-electron chi connectivity index (χ3n) is 4.32. The minimum absolute atomic E-state index is 0.0893. The lowest BCUT2D eigenvalue weighted by atomic mass is 10.1. The summed E-state index contributed by atoms with van der Waals surface area (Å²) in [6.07, 6.45) is 5.55. The zero-order valence-electron chi connectivity index (χ0n) is 13.3. The van der Waals surface area contributed by atoms with E-state index in [9.17, 15) is 4.39 Å². The van der Waals surface area contributed by atoms with Crippen LogP contribution in [0.3, 0.4) is 0 Å². The molecule has 1 aliphatic rings. The van der Waals surface area contributed by atoms with E-state index >= 15 is 0 Å². The number of rotatable bonds is 4. The van der Waals surface area contributed by atoms with Crippen molar-refractivity contribution in [3.05, 3.63) is 60.3 Å². The second-order valence-electron chi connectivity index (χ2n) is 6.10. The summed E-state index contributed by atoms with van der Waals surface area (Å²) in [5.41, 5.74) is 1.79. The summed E-state index contributed by atoms with van der Waals surface area (Å²) in [4.78, 5) is 6.72. The van der Waals surface area contributed by atoms with E-state index in [1.807, 2.05) is 29.1 Å². The van der Waals surface area contributed by atoms with E-state index in [0.29, 0.717) is 13.2 Å². The molecule has 5 nitrogen and oxygen atoms in total. The average molecular weight is 326 g/mol. The molecule has 1 fully saturated rings. The van der Waals surface area contributed by atoms with Crippen LogP contribution >= 0.6 is 0 Å². The van der Waals surface area contributed by atoms with Gasteiger partial charge in [-0.3, -0.25) is 14.6 Å². The molecule has 6 heteroatoms. The van der Waals surface area contributed by atoms with Gasteiger partial charge in [-0.25, -0.2) is 4.39 Å². The van der Waals surface area contributed by atoms with E-state index in [-0.39, 0.29) is 11.9 Å². The summed E-state index contributed by atoms with van der Waals surface area (Å²) in [6, 6.07) is 8.76. The lowest BCUT2D eigenvalue weighted by Crippen LogP contribution is -2.43. The van der Waals surface area contributed by atoms with Crippen LogP contribution in [0.1, 0.15) is 5.56 Å². The minimum Gasteiger partial charge on any atom is -0.374 e. The Kier molecular flexibility index (Phi) is 4.23. The first-order valence-electron chi connectivity index (χ1n) is 8.12. The molecule has 1 atom stereocenters. The molecule has 1 saturated heterocycles. The molecule has 124 valence electrons. The van der Waals surface area contributed by atoms with Crippen molar-refractivity contribution in [3.8, 4) is 0 Å². The summed E-state index contributed by atoms with van der Waals surface area (Å²) in [7, 11) is 0. The van der Waals surface area contributed by atoms with Crippen molar-refractivity contribution in [3.63, 3.8) is 0 Å². The topological polar surface area (TPSA) is 43.2 Å². The smallest absolute Gasteiger partial charge is 0.124 e. The van der Waals surface area contributed by atoms with Crippen LogP contribution in [0.4, 0.5) is 4.39 Å². The molecule has 4 rings (SSSR count). The highest BCUT2D eigenvalue weighted by atomic mass is 19.1. The van der Waals surface area contributed by atoms with Crippen LogP contribution < -0.4 is 0 Å². The van der Waals surface area contributed by atoms with E-state index in [4.69, 9.17) is 4.74 Å². The van der Waals surface area contributed by atoms with Crippen LogP contribution in [0.15, 0.2) is 48.9 Å². The van der Waals surface area contributed by atoms with Crippen molar-refractivity contribution in [2.75, 3.05) is 19.7 Å². The van der Waals surface area contributed by atoms with Gasteiger partial charge in [0, 0.05) is 43.6 Å². The Labute approximate surface area is 139 Å². The Hall–Kier alpha value is -2.31. The van der Waals surface area contributed by atoms with Gasteiger partial charge < -0.3 is 4.74 Å². The van der Waals surface area contributed by atoms with Crippen molar-refractivity contribution in [1.29, 1.82) is 0 Å². The van der Waals surface area contributed by atoms with Crippen molar-refractivity contribution < 1.29 is 9.13 Å². The number of benzene rings is 1. The van der Waals surface area contributed by atoms with Gasteiger partial charge in [0.25, 0.3) is 0 Å². The van der Waals surface area contributed by atoms with Crippen molar-refractivity contribution in [2.24, 2.45) is 0 Å².